The van der Waals surface area contributed by atoms with Crippen LogP contribution in [-0.4, -0.2) is 55.7 Å². The fourth-order valence-corrected chi connectivity index (χ4v) is 0.502. The van der Waals surface area contributed by atoms with Crippen LogP contribution in [0.15, 0.2) is 12.7 Å². The standard InChI is InChI=1S/C7H11NO5.H2O3Si/c1-2-3-12-6(9)4-8-5-7(10)13-11;1-4(2)3/h2,8,11H,1,3-5H2;1-2H. The maximum absolute atomic E-state index is 10.7. The zero-order valence-electron chi connectivity index (χ0n) is 8.79. The molecule has 0 atom stereocenters. The summed E-state index contributed by atoms with van der Waals surface area (Å²) in [5.41, 5.74) is 0. The normalized spacial score (nSPS) is 8.29. The summed E-state index contributed by atoms with van der Waals surface area (Å²) in [6.07, 6.45) is 1.43. The predicted octanol–water partition coefficient (Wildman–Crippen LogP) is -2.29. The summed E-state index contributed by atoms with van der Waals surface area (Å²) in [4.78, 5) is 38.7. The van der Waals surface area contributed by atoms with Crippen molar-refractivity contribution in [2.45, 2.75) is 0 Å². The molecule has 17 heavy (non-hydrogen) atoms. The van der Waals surface area contributed by atoms with Crippen molar-refractivity contribution < 1.29 is 38.5 Å². The molecule has 10 heteroatoms. The third kappa shape index (κ3) is 20.3. The summed E-state index contributed by atoms with van der Waals surface area (Å²) < 4.78 is 13.3. The fraction of sp³-hybridized carbons (Fsp3) is 0.429. The quantitative estimate of drug-likeness (QED) is 0.137. The highest BCUT2D eigenvalue weighted by Gasteiger charge is 2.04. The molecular weight excluding hydrogens is 254 g/mol. The number of rotatable bonds is 6. The third-order valence-corrected chi connectivity index (χ3v) is 1.00. The topological polar surface area (TPSA) is 142 Å². The van der Waals surface area contributed by atoms with Crippen LogP contribution in [0.4, 0.5) is 0 Å². The Labute approximate surface area is 98.1 Å². The van der Waals surface area contributed by atoms with Crippen LogP contribution in [-0.2, 0) is 23.7 Å². The van der Waals surface area contributed by atoms with Gasteiger partial charge in [-0.15, -0.1) is 0 Å². The van der Waals surface area contributed by atoms with Gasteiger partial charge < -0.3 is 14.3 Å². The SMILES string of the molecule is C=CCOC(=O)CNCC(=O)OO.O=[Si](O)O. The number of esters is 1. The summed E-state index contributed by atoms with van der Waals surface area (Å²) in [6.45, 7) is 3.11. The molecule has 0 heterocycles. The Bertz CT molecular complexity index is 265. The van der Waals surface area contributed by atoms with Crippen LogP contribution in [0, 0.1) is 0 Å². The van der Waals surface area contributed by atoms with Crippen molar-refractivity contribution in [3.8, 4) is 0 Å². The van der Waals surface area contributed by atoms with Gasteiger partial charge in [-0.2, -0.15) is 5.26 Å². The van der Waals surface area contributed by atoms with Crippen molar-refractivity contribution >= 4 is 21.1 Å². The average molecular weight is 267 g/mol. The molecule has 0 radical (unpaired) electrons. The molecule has 0 unspecified atom stereocenters. The highest BCUT2D eigenvalue weighted by molar-refractivity contribution is 6.22. The van der Waals surface area contributed by atoms with Crippen molar-refractivity contribution in [3.05, 3.63) is 12.7 Å². The van der Waals surface area contributed by atoms with Crippen LogP contribution in [0.1, 0.15) is 0 Å². The molecule has 0 aliphatic heterocycles. The van der Waals surface area contributed by atoms with Gasteiger partial charge in [-0.25, -0.2) is 4.79 Å². The number of hydrogen-bond donors (Lipinski definition) is 4. The van der Waals surface area contributed by atoms with E-state index < -0.39 is 21.1 Å². The number of carbonyl (C=O) groups excluding carboxylic acids is 2. The molecule has 0 spiro atoms. The van der Waals surface area contributed by atoms with Gasteiger partial charge in [-0.1, -0.05) is 12.7 Å². The van der Waals surface area contributed by atoms with Crippen molar-refractivity contribution in [1.82, 2.24) is 5.32 Å². The monoisotopic (exact) mass is 267 g/mol. The van der Waals surface area contributed by atoms with Crippen molar-refractivity contribution in [1.29, 1.82) is 0 Å². The first-order valence-corrected chi connectivity index (χ1v) is 5.47. The smallest absolute Gasteiger partial charge is 0.511 e. The Morgan fingerprint density at radius 1 is 1.29 bits per heavy atom. The molecule has 0 fully saturated rings. The summed E-state index contributed by atoms with van der Waals surface area (Å²) in [6, 6.07) is 0. The fourth-order valence-electron chi connectivity index (χ4n) is 0.502. The largest absolute Gasteiger partial charge is 0.761 e. The molecular formula is C7H13NO8Si. The molecule has 0 saturated carbocycles. The van der Waals surface area contributed by atoms with Crippen molar-refractivity contribution in [2.24, 2.45) is 0 Å². The van der Waals surface area contributed by atoms with Crippen LogP contribution in [0.3, 0.4) is 0 Å². The Morgan fingerprint density at radius 2 is 1.76 bits per heavy atom. The Kier molecular flexibility index (Phi) is 12.7. The minimum Gasteiger partial charge on any atom is -0.511 e. The Hall–Kier alpha value is -1.78. The van der Waals surface area contributed by atoms with E-state index in [2.05, 4.69) is 21.5 Å². The molecule has 0 aromatic heterocycles. The summed E-state index contributed by atoms with van der Waals surface area (Å²) in [5.74, 6) is -1.37. The molecule has 0 saturated heterocycles. The average Bonchev–Trinajstić information content (AvgIpc) is 2.25. The van der Waals surface area contributed by atoms with Crippen LogP contribution >= 0.6 is 0 Å². The van der Waals surface area contributed by atoms with Gasteiger partial charge in [0.1, 0.15) is 6.61 Å². The molecule has 0 aromatic rings. The second-order valence-electron chi connectivity index (χ2n) is 2.32. The molecule has 0 bridgehead atoms. The predicted molar refractivity (Wildman–Crippen MR) is 53.6 cm³/mol. The van der Waals surface area contributed by atoms with Crippen LogP contribution in [0.25, 0.3) is 0 Å². The lowest BCUT2D eigenvalue weighted by Gasteiger charge is -2.01. The molecule has 4 N–H and O–H groups in total. The number of carbonyl (C=O) groups is 2. The molecule has 98 valence electrons. The number of nitrogens with one attached hydrogen (secondary N) is 1. The van der Waals surface area contributed by atoms with Gasteiger partial charge in [0.25, 0.3) is 0 Å². The van der Waals surface area contributed by atoms with Gasteiger partial charge in [0.2, 0.25) is 0 Å². The van der Waals surface area contributed by atoms with E-state index in [4.69, 9.17) is 19.3 Å². The highest BCUT2D eigenvalue weighted by atomic mass is 28.3. The first kappa shape index (κ1) is 17.6. The van der Waals surface area contributed by atoms with Crippen LogP contribution < -0.4 is 5.32 Å². The lowest BCUT2D eigenvalue weighted by Crippen LogP contribution is -2.30. The van der Waals surface area contributed by atoms with E-state index in [9.17, 15) is 9.59 Å². The Balaban J connectivity index is 0. The van der Waals surface area contributed by atoms with E-state index in [1.54, 1.807) is 0 Å². The van der Waals surface area contributed by atoms with Gasteiger partial charge in [-0.3, -0.25) is 19.5 Å². The Morgan fingerprint density at radius 3 is 2.18 bits per heavy atom. The minimum absolute atomic E-state index is 0.122. The molecule has 0 rings (SSSR count). The van der Waals surface area contributed by atoms with E-state index in [0.29, 0.717) is 0 Å². The highest BCUT2D eigenvalue weighted by Crippen LogP contribution is 1.77. The summed E-state index contributed by atoms with van der Waals surface area (Å²) in [5, 5.41) is 10.2. The summed E-state index contributed by atoms with van der Waals surface area (Å²) in [7, 11) is -3.13. The van der Waals surface area contributed by atoms with E-state index in [1.165, 1.54) is 6.08 Å². The van der Waals surface area contributed by atoms with E-state index in [0.717, 1.165) is 0 Å². The lowest BCUT2D eigenvalue weighted by atomic mass is 10.6. The van der Waals surface area contributed by atoms with E-state index >= 15 is 0 Å². The lowest BCUT2D eigenvalue weighted by molar-refractivity contribution is -0.233. The van der Waals surface area contributed by atoms with E-state index in [1.807, 2.05) is 0 Å². The molecule has 0 aliphatic carbocycles. The first-order valence-electron chi connectivity index (χ1n) is 4.17. The van der Waals surface area contributed by atoms with Crippen molar-refractivity contribution in [2.75, 3.05) is 19.7 Å². The molecule has 9 nitrogen and oxygen atoms in total. The van der Waals surface area contributed by atoms with Gasteiger partial charge in [0.15, 0.2) is 0 Å². The summed E-state index contributed by atoms with van der Waals surface area (Å²) >= 11 is 0. The molecule has 0 aliphatic rings. The van der Waals surface area contributed by atoms with E-state index in [-0.39, 0.29) is 19.7 Å². The van der Waals surface area contributed by atoms with Crippen LogP contribution in [0.5, 0.6) is 0 Å². The number of ether oxygens (including phenoxy) is 1. The van der Waals surface area contributed by atoms with Gasteiger partial charge >= 0.3 is 21.1 Å². The third-order valence-electron chi connectivity index (χ3n) is 1.00. The van der Waals surface area contributed by atoms with Gasteiger partial charge in [0, 0.05) is 0 Å². The van der Waals surface area contributed by atoms with Gasteiger partial charge in [-0.05, 0) is 0 Å². The maximum atomic E-state index is 10.7. The minimum atomic E-state index is -3.13. The van der Waals surface area contributed by atoms with Gasteiger partial charge in [0.05, 0.1) is 13.1 Å². The molecule has 0 amide bonds. The maximum Gasteiger partial charge on any atom is 0.761 e. The number of hydrogen-bond acceptors (Lipinski definition) is 7. The van der Waals surface area contributed by atoms with Crippen molar-refractivity contribution in [3.63, 3.8) is 0 Å². The first-order chi connectivity index (χ1) is 7.93. The van der Waals surface area contributed by atoms with Crippen LogP contribution in [0.2, 0.25) is 0 Å². The zero-order valence-corrected chi connectivity index (χ0v) is 9.79. The second kappa shape index (κ2) is 12.3. The zero-order chi connectivity index (χ0) is 13.7. The molecule has 0 aromatic carbocycles. The second-order valence-corrected chi connectivity index (χ2v) is 2.89.